The summed E-state index contributed by atoms with van der Waals surface area (Å²) < 4.78 is 43.3. The second-order valence-electron chi connectivity index (χ2n) is 8.36. The maximum Gasteiger partial charge on any atom is 0.377 e. The molecule has 1 aromatic carbocycles. The van der Waals surface area contributed by atoms with Crippen molar-refractivity contribution in [1.82, 2.24) is 24.9 Å². The van der Waals surface area contributed by atoms with Crippen LogP contribution < -0.4 is 5.32 Å². The van der Waals surface area contributed by atoms with E-state index in [1.807, 2.05) is 30.3 Å². The molecule has 33 heavy (non-hydrogen) atoms. The number of fused-ring (bicyclic) bond motifs is 2. The second-order valence-corrected chi connectivity index (χ2v) is 8.36. The summed E-state index contributed by atoms with van der Waals surface area (Å²) in [5.41, 5.74) is 3.03. The Labute approximate surface area is 189 Å². The van der Waals surface area contributed by atoms with Crippen molar-refractivity contribution < 1.29 is 13.2 Å². The van der Waals surface area contributed by atoms with Crippen LogP contribution in [0.4, 0.5) is 13.2 Å². The minimum Gasteiger partial charge on any atom is -0.647 e. The third-order valence-corrected chi connectivity index (χ3v) is 6.14. The van der Waals surface area contributed by atoms with E-state index in [2.05, 4.69) is 27.8 Å². The highest BCUT2D eigenvalue weighted by atomic mass is 19.4. The van der Waals surface area contributed by atoms with Crippen molar-refractivity contribution in [2.24, 2.45) is 0 Å². The largest absolute Gasteiger partial charge is 0.647 e. The number of nitrogens with zero attached hydrogens (tertiary/aromatic N) is 5. The van der Waals surface area contributed by atoms with Gasteiger partial charge < -0.3 is 10.6 Å². The fraction of sp³-hybridized carbons (Fsp3) is 0.375. The molecule has 0 unspecified atom stereocenters. The fourth-order valence-electron chi connectivity index (χ4n) is 4.41. The van der Waals surface area contributed by atoms with Gasteiger partial charge in [0.25, 0.3) is 0 Å². The number of benzene rings is 1. The number of alkyl halides is 3. The van der Waals surface area contributed by atoms with Crippen molar-refractivity contribution in [2.45, 2.75) is 44.4 Å². The highest BCUT2D eigenvalue weighted by Crippen LogP contribution is 2.39. The Morgan fingerprint density at radius 2 is 2.03 bits per heavy atom. The predicted octanol–water partition coefficient (Wildman–Crippen LogP) is 5.24. The lowest BCUT2D eigenvalue weighted by Crippen LogP contribution is -2.28. The van der Waals surface area contributed by atoms with Crippen molar-refractivity contribution in [3.8, 4) is 11.5 Å². The number of aryl methyl sites for hydroxylation is 1. The summed E-state index contributed by atoms with van der Waals surface area (Å²) in [4.78, 5) is 4.77. The number of rotatable bonds is 6. The highest BCUT2D eigenvalue weighted by molar-refractivity contribution is 5.84. The minimum absolute atomic E-state index is 0.00128. The van der Waals surface area contributed by atoms with Crippen LogP contribution in [0.5, 0.6) is 0 Å². The monoisotopic (exact) mass is 453 g/mol. The van der Waals surface area contributed by atoms with Crippen LogP contribution in [0.15, 0.2) is 48.7 Å². The Bertz CT molecular complexity index is 1280. The zero-order valence-electron chi connectivity index (χ0n) is 18.2. The van der Waals surface area contributed by atoms with Crippen LogP contribution in [0.3, 0.4) is 0 Å². The van der Waals surface area contributed by atoms with Crippen LogP contribution in [-0.2, 0) is 6.42 Å². The van der Waals surface area contributed by atoms with E-state index >= 15 is 0 Å². The van der Waals surface area contributed by atoms with E-state index < -0.39 is 12.2 Å². The number of hydrogen-bond donors (Lipinski definition) is 1. The molecule has 172 valence electrons. The van der Waals surface area contributed by atoms with Gasteiger partial charge in [-0.05, 0) is 61.2 Å². The van der Waals surface area contributed by atoms with Crippen LogP contribution in [0, 0.1) is 0 Å². The lowest BCUT2D eigenvalue weighted by molar-refractivity contribution is -0.142. The van der Waals surface area contributed by atoms with Gasteiger partial charge >= 0.3 is 6.18 Å². The summed E-state index contributed by atoms with van der Waals surface area (Å²) in [7, 11) is 0. The number of pyridine rings is 2. The van der Waals surface area contributed by atoms with Gasteiger partial charge in [0.15, 0.2) is 11.5 Å². The van der Waals surface area contributed by atoms with Gasteiger partial charge in [0, 0.05) is 11.6 Å². The molecule has 9 heteroatoms. The number of aromatic nitrogens is 4. The Morgan fingerprint density at radius 1 is 1.15 bits per heavy atom. The van der Waals surface area contributed by atoms with Crippen LogP contribution >= 0.6 is 0 Å². The van der Waals surface area contributed by atoms with E-state index in [4.69, 9.17) is 4.98 Å². The molecule has 1 fully saturated rings. The van der Waals surface area contributed by atoms with Crippen LogP contribution in [0.2, 0.25) is 0 Å². The van der Waals surface area contributed by atoms with Gasteiger partial charge in [-0.1, -0.05) is 37.3 Å². The van der Waals surface area contributed by atoms with Crippen molar-refractivity contribution >= 4 is 16.6 Å². The van der Waals surface area contributed by atoms with Crippen molar-refractivity contribution in [2.75, 3.05) is 13.1 Å². The lowest BCUT2D eigenvalue weighted by atomic mass is 10.1. The van der Waals surface area contributed by atoms with Gasteiger partial charge in [-0.3, -0.25) is 4.40 Å². The third-order valence-electron chi connectivity index (χ3n) is 6.14. The Balaban J connectivity index is 1.53. The number of nitrogens with one attached hydrogen (secondary N) is 1. The molecule has 0 bridgehead atoms. The second kappa shape index (κ2) is 8.72. The average molecular weight is 453 g/mol. The van der Waals surface area contributed by atoms with Crippen LogP contribution in [0.25, 0.3) is 33.4 Å². The molecular formula is C24H24F3N6-. The Kier molecular flexibility index (Phi) is 5.76. The van der Waals surface area contributed by atoms with Gasteiger partial charge in [-0.2, -0.15) is 13.2 Å². The molecule has 1 aliphatic rings. The van der Waals surface area contributed by atoms with E-state index in [0.29, 0.717) is 17.2 Å². The highest BCUT2D eigenvalue weighted by Gasteiger charge is 2.34. The van der Waals surface area contributed by atoms with Crippen molar-refractivity contribution in [3.05, 3.63) is 65.1 Å². The molecule has 4 aromatic rings. The first-order chi connectivity index (χ1) is 15.9. The number of halogens is 3. The molecule has 2 atom stereocenters. The minimum atomic E-state index is -4.49. The Hall–Kier alpha value is -3.04. The smallest absolute Gasteiger partial charge is 0.377 e. The maximum atomic E-state index is 13.9. The summed E-state index contributed by atoms with van der Waals surface area (Å²) in [5.74, 6) is 0.401. The van der Waals surface area contributed by atoms with E-state index in [0.717, 1.165) is 42.3 Å². The molecule has 0 aliphatic carbocycles. The van der Waals surface area contributed by atoms with Gasteiger partial charge in [-0.15, -0.1) is 16.7 Å². The fourth-order valence-corrected chi connectivity index (χ4v) is 4.41. The molecule has 0 amide bonds. The molecule has 6 nitrogen and oxygen atoms in total. The lowest BCUT2D eigenvalue weighted by Gasteiger charge is -2.36. The van der Waals surface area contributed by atoms with Crippen molar-refractivity contribution in [3.63, 3.8) is 0 Å². The molecule has 1 saturated heterocycles. The first kappa shape index (κ1) is 21.8. The van der Waals surface area contributed by atoms with E-state index in [1.165, 1.54) is 12.3 Å². The number of para-hydroxylation sites is 1. The summed E-state index contributed by atoms with van der Waals surface area (Å²) in [6, 6.07) is 10.8. The summed E-state index contributed by atoms with van der Waals surface area (Å²) in [6.07, 6.45) is -0.422. The van der Waals surface area contributed by atoms with Gasteiger partial charge in [0.1, 0.15) is 5.69 Å². The SMILES string of the molecule is CCc1cccc2ccc(-c3nnc4ccc([C@@H]([N-]C[C@@H]5CCCN5)C(F)(F)F)cn34)nc12. The van der Waals surface area contributed by atoms with E-state index in [1.54, 1.807) is 10.5 Å². The summed E-state index contributed by atoms with van der Waals surface area (Å²) in [5, 5.41) is 16.6. The van der Waals surface area contributed by atoms with Gasteiger partial charge in [0.2, 0.25) is 0 Å². The molecule has 3 aromatic heterocycles. The quantitative estimate of drug-likeness (QED) is 0.434. The van der Waals surface area contributed by atoms with Crippen molar-refractivity contribution in [1.29, 1.82) is 0 Å². The van der Waals surface area contributed by atoms with E-state index in [-0.39, 0.29) is 18.2 Å². The standard InChI is InChI=1S/C24H24F3N6/c1-2-15-5-3-6-16-8-10-19(30-21(15)16)23-32-31-20-11-9-17(14-33(20)23)22(24(25,26)27)29-13-18-7-4-12-28-18/h3,5-6,8-11,14,18,22,28H,2,4,7,12-13H2,1H3/q-1/t18-,22+/m0/s1. The summed E-state index contributed by atoms with van der Waals surface area (Å²) >= 11 is 0. The molecule has 5 rings (SSSR count). The topological polar surface area (TPSA) is 69.2 Å². The third kappa shape index (κ3) is 4.30. The van der Waals surface area contributed by atoms with Crippen LogP contribution in [-0.4, -0.2) is 44.9 Å². The zero-order valence-corrected chi connectivity index (χ0v) is 18.2. The normalized spacial score (nSPS) is 17.8. The Morgan fingerprint density at radius 3 is 2.79 bits per heavy atom. The predicted molar refractivity (Wildman–Crippen MR) is 121 cm³/mol. The van der Waals surface area contributed by atoms with E-state index in [9.17, 15) is 13.2 Å². The molecule has 1 aliphatic heterocycles. The van der Waals surface area contributed by atoms with Crippen LogP contribution in [0.1, 0.15) is 36.9 Å². The molecule has 0 saturated carbocycles. The number of hydrogen-bond acceptors (Lipinski definition) is 4. The molecule has 0 spiro atoms. The van der Waals surface area contributed by atoms with Gasteiger partial charge in [0.05, 0.1) is 5.52 Å². The molecule has 4 heterocycles. The first-order valence-electron chi connectivity index (χ1n) is 11.1. The average Bonchev–Trinajstić information content (AvgIpc) is 3.47. The molecular weight excluding hydrogens is 429 g/mol. The zero-order chi connectivity index (χ0) is 23.0. The summed E-state index contributed by atoms with van der Waals surface area (Å²) in [6.45, 7) is 3.01. The first-order valence-corrected chi connectivity index (χ1v) is 11.1. The maximum absolute atomic E-state index is 13.9. The van der Waals surface area contributed by atoms with Gasteiger partial charge in [-0.25, -0.2) is 4.98 Å². The molecule has 0 radical (unpaired) electrons. The molecule has 1 N–H and O–H groups in total.